The molecule has 2 aromatic carbocycles. The van der Waals surface area contributed by atoms with Crippen LogP contribution in [-0.4, -0.2) is 38.4 Å². The van der Waals surface area contributed by atoms with Crippen molar-refractivity contribution < 1.29 is 14.3 Å². The van der Waals surface area contributed by atoms with Gasteiger partial charge in [-0.2, -0.15) is 0 Å². The molecule has 1 fully saturated rings. The zero-order valence-corrected chi connectivity index (χ0v) is 13.0. The predicted molar refractivity (Wildman–Crippen MR) is 89.2 cm³/mol. The third-order valence-corrected chi connectivity index (χ3v) is 3.86. The standard InChI is InChI=1S/C19H21NO3/c21-19(18-14-22-11-12-23-18)20-10-9-15-5-4-8-17(13-15)16-6-2-1-3-7-16/h1-8,13,18H,9-12,14H2,(H,20,21)/t18-/m0/s1. The van der Waals surface area contributed by atoms with Gasteiger partial charge < -0.3 is 14.8 Å². The molecule has 0 aliphatic carbocycles. The van der Waals surface area contributed by atoms with Gasteiger partial charge in [0.25, 0.3) is 5.91 Å². The Morgan fingerprint density at radius 2 is 1.87 bits per heavy atom. The fraction of sp³-hybridized carbons (Fsp3) is 0.316. The minimum absolute atomic E-state index is 0.0936. The van der Waals surface area contributed by atoms with Crippen LogP contribution in [0.5, 0.6) is 0 Å². The third kappa shape index (κ3) is 4.41. The van der Waals surface area contributed by atoms with Crippen LogP contribution in [0.2, 0.25) is 0 Å². The largest absolute Gasteiger partial charge is 0.376 e. The van der Waals surface area contributed by atoms with E-state index >= 15 is 0 Å². The number of carbonyl (C=O) groups excluding carboxylic acids is 1. The number of ether oxygens (including phenoxy) is 2. The first-order chi connectivity index (χ1) is 11.3. The molecule has 1 saturated heterocycles. The number of hydrogen-bond acceptors (Lipinski definition) is 3. The van der Waals surface area contributed by atoms with Crippen molar-refractivity contribution in [2.75, 3.05) is 26.4 Å². The topological polar surface area (TPSA) is 47.6 Å². The molecule has 0 aromatic heterocycles. The maximum absolute atomic E-state index is 12.0. The Morgan fingerprint density at radius 1 is 1.04 bits per heavy atom. The highest BCUT2D eigenvalue weighted by Crippen LogP contribution is 2.20. The lowest BCUT2D eigenvalue weighted by Crippen LogP contribution is -2.43. The van der Waals surface area contributed by atoms with E-state index in [0.29, 0.717) is 26.4 Å². The summed E-state index contributed by atoms with van der Waals surface area (Å²) in [4.78, 5) is 12.0. The summed E-state index contributed by atoms with van der Waals surface area (Å²) in [5.41, 5.74) is 3.59. The van der Waals surface area contributed by atoms with E-state index in [-0.39, 0.29) is 5.91 Å². The summed E-state index contributed by atoms with van der Waals surface area (Å²) in [6, 6.07) is 18.7. The molecule has 1 heterocycles. The van der Waals surface area contributed by atoms with Gasteiger partial charge in [-0.05, 0) is 23.1 Å². The van der Waals surface area contributed by atoms with Crippen LogP contribution in [0.4, 0.5) is 0 Å². The molecule has 3 rings (SSSR count). The summed E-state index contributed by atoms with van der Waals surface area (Å²) in [5.74, 6) is -0.0936. The van der Waals surface area contributed by atoms with Crippen molar-refractivity contribution in [3.05, 3.63) is 60.2 Å². The van der Waals surface area contributed by atoms with Gasteiger partial charge in [0.15, 0.2) is 6.10 Å². The highest BCUT2D eigenvalue weighted by molar-refractivity contribution is 5.81. The Hall–Kier alpha value is -2.17. The second-order valence-electron chi connectivity index (χ2n) is 5.54. The molecule has 0 bridgehead atoms. The van der Waals surface area contributed by atoms with Crippen LogP contribution in [0.1, 0.15) is 5.56 Å². The smallest absolute Gasteiger partial charge is 0.251 e. The van der Waals surface area contributed by atoms with Crippen LogP contribution in [0.25, 0.3) is 11.1 Å². The summed E-state index contributed by atoms with van der Waals surface area (Å²) in [7, 11) is 0. The van der Waals surface area contributed by atoms with Crippen molar-refractivity contribution in [1.29, 1.82) is 0 Å². The lowest BCUT2D eigenvalue weighted by Gasteiger charge is -2.22. The minimum Gasteiger partial charge on any atom is -0.376 e. The Bertz CT molecular complexity index is 636. The quantitative estimate of drug-likeness (QED) is 0.922. The number of hydrogen-bond donors (Lipinski definition) is 1. The molecule has 0 radical (unpaired) electrons. The maximum atomic E-state index is 12.0. The van der Waals surface area contributed by atoms with Gasteiger partial charge in [-0.1, -0.05) is 54.6 Å². The normalized spacial score (nSPS) is 17.7. The first-order valence-electron chi connectivity index (χ1n) is 7.94. The second kappa shape index (κ2) is 7.90. The number of nitrogens with one attached hydrogen (secondary N) is 1. The highest BCUT2D eigenvalue weighted by atomic mass is 16.6. The predicted octanol–water partition coefficient (Wildman–Crippen LogP) is 2.43. The fourth-order valence-corrected chi connectivity index (χ4v) is 2.62. The van der Waals surface area contributed by atoms with Gasteiger partial charge in [0, 0.05) is 6.54 Å². The summed E-state index contributed by atoms with van der Waals surface area (Å²) >= 11 is 0. The summed E-state index contributed by atoms with van der Waals surface area (Å²) in [6.45, 7) is 1.99. The average molecular weight is 311 g/mol. The van der Waals surface area contributed by atoms with Crippen molar-refractivity contribution in [3.8, 4) is 11.1 Å². The zero-order chi connectivity index (χ0) is 15.9. The van der Waals surface area contributed by atoms with Gasteiger partial charge in [0.1, 0.15) is 0 Å². The van der Waals surface area contributed by atoms with Gasteiger partial charge in [-0.15, -0.1) is 0 Å². The van der Waals surface area contributed by atoms with E-state index in [4.69, 9.17) is 9.47 Å². The lowest BCUT2D eigenvalue weighted by molar-refractivity contribution is -0.147. The Balaban J connectivity index is 1.53. The summed E-state index contributed by atoms with van der Waals surface area (Å²) < 4.78 is 10.6. The Morgan fingerprint density at radius 3 is 2.65 bits per heavy atom. The Labute approximate surface area is 136 Å². The van der Waals surface area contributed by atoms with E-state index in [1.54, 1.807) is 0 Å². The van der Waals surface area contributed by atoms with Crippen LogP contribution < -0.4 is 5.32 Å². The van der Waals surface area contributed by atoms with Gasteiger partial charge in [-0.25, -0.2) is 0 Å². The van der Waals surface area contributed by atoms with Crippen LogP contribution >= 0.6 is 0 Å². The molecule has 4 nitrogen and oxygen atoms in total. The molecule has 1 atom stereocenters. The molecule has 1 aliphatic rings. The van der Waals surface area contributed by atoms with Crippen LogP contribution in [0, 0.1) is 0 Å². The molecule has 120 valence electrons. The van der Waals surface area contributed by atoms with Gasteiger partial charge in [-0.3, -0.25) is 4.79 Å². The SMILES string of the molecule is O=C(NCCc1cccc(-c2ccccc2)c1)[C@@H]1COCCO1. The number of rotatable bonds is 5. The molecule has 0 saturated carbocycles. The van der Waals surface area contributed by atoms with Gasteiger partial charge in [0.05, 0.1) is 19.8 Å². The van der Waals surface area contributed by atoms with E-state index in [1.165, 1.54) is 16.7 Å². The van der Waals surface area contributed by atoms with E-state index in [0.717, 1.165) is 6.42 Å². The molecule has 1 aliphatic heterocycles. The number of amides is 1. The molecule has 4 heteroatoms. The number of benzene rings is 2. The molecule has 2 aromatic rings. The Kier molecular flexibility index (Phi) is 5.40. The summed E-state index contributed by atoms with van der Waals surface area (Å²) in [5, 5.41) is 2.92. The van der Waals surface area contributed by atoms with Crippen molar-refractivity contribution in [3.63, 3.8) is 0 Å². The van der Waals surface area contributed by atoms with Crippen molar-refractivity contribution in [2.24, 2.45) is 0 Å². The monoisotopic (exact) mass is 311 g/mol. The van der Waals surface area contributed by atoms with Gasteiger partial charge >= 0.3 is 0 Å². The maximum Gasteiger partial charge on any atom is 0.251 e. The van der Waals surface area contributed by atoms with E-state index < -0.39 is 6.10 Å². The first-order valence-corrected chi connectivity index (χ1v) is 7.94. The molecule has 1 amide bonds. The minimum atomic E-state index is -0.473. The van der Waals surface area contributed by atoms with Crippen LogP contribution in [0.3, 0.4) is 0 Å². The van der Waals surface area contributed by atoms with Crippen LogP contribution in [-0.2, 0) is 20.7 Å². The first kappa shape index (κ1) is 15.7. The molecular weight excluding hydrogens is 290 g/mol. The molecule has 0 spiro atoms. The van der Waals surface area contributed by atoms with Crippen molar-refractivity contribution in [1.82, 2.24) is 5.32 Å². The highest BCUT2D eigenvalue weighted by Gasteiger charge is 2.21. The fourth-order valence-electron chi connectivity index (χ4n) is 2.62. The third-order valence-electron chi connectivity index (χ3n) is 3.86. The average Bonchev–Trinajstić information content (AvgIpc) is 2.63. The summed E-state index contributed by atoms with van der Waals surface area (Å²) in [6.07, 6.45) is 0.319. The van der Waals surface area contributed by atoms with E-state index in [9.17, 15) is 4.79 Å². The van der Waals surface area contributed by atoms with E-state index in [2.05, 4.69) is 41.7 Å². The molecule has 1 N–H and O–H groups in total. The zero-order valence-electron chi connectivity index (χ0n) is 13.0. The van der Waals surface area contributed by atoms with Crippen molar-refractivity contribution in [2.45, 2.75) is 12.5 Å². The second-order valence-corrected chi connectivity index (χ2v) is 5.54. The van der Waals surface area contributed by atoms with Crippen molar-refractivity contribution >= 4 is 5.91 Å². The number of carbonyl (C=O) groups is 1. The van der Waals surface area contributed by atoms with E-state index in [1.807, 2.05) is 18.2 Å². The molecule has 0 unspecified atom stereocenters. The van der Waals surface area contributed by atoms with Gasteiger partial charge in [0.2, 0.25) is 0 Å². The molecular formula is C19H21NO3. The molecule has 23 heavy (non-hydrogen) atoms. The lowest BCUT2D eigenvalue weighted by atomic mass is 10.0. The van der Waals surface area contributed by atoms with Crippen LogP contribution in [0.15, 0.2) is 54.6 Å².